The van der Waals surface area contributed by atoms with Gasteiger partial charge >= 0.3 is 6.09 Å². The van der Waals surface area contributed by atoms with Crippen LogP contribution in [0.25, 0.3) is 11.1 Å². The molecule has 27 heavy (non-hydrogen) atoms. The lowest BCUT2D eigenvalue weighted by Gasteiger charge is -2.14. The molecule has 5 N–H and O–H groups in total. The van der Waals surface area contributed by atoms with Crippen LogP contribution >= 0.6 is 0 Å². The van der Waals surface area contributed by atoms with Crippen LogP contribution in [0.5, 0.6) is 0 Å². The second kappa shape index (κ2) is 7.56. The van der Waals surface area contributed by atoms with E-state index >= 15 is 0 Å². The summed E-state index contributed by atoms with van der Waals surface area (Å²) in [6.07, 6.45) is 0.791. The van der Waals surface area contributed by atoms with Gasteiger partial charge in [-0.3, -0.25) is 15.3 Å². The monoisotopic (exact) mass is 373 g/mol. The molecule has 1 fully saturated rings. The molecule has 2 heterocycles. The number of ether oxygens (including phenoxy) is 1. The van der Waals surface area contributed by atoms with Crippen LogP contribution < -0.4 is 22.0 Å². The summed E-state index contributed by atoms with van der Waals surface area (Å²) in [6.45, 7) is 2.17. The van der Waals surface area contributed by atoms with Gasteiger partial charge in [-0.2, -0.15) is 4.99 Å². The average Bonchev–Trinajstić information content (AvgIpc) is 2.98. The number of carbonyl (C=O) groups excluding carboxylic acids is 1. The first kappa shape index (κ1) is 18.5. The lowest BCUT2D eigenvalue weighted by molar-refractivity contribution is 0.150. The Labute approximate surface area is 155 Å². The molecular weight excluding hydrogens is 353 g/mol. The highest BCUT2D eigenvalue weighted by Gasteiger charge is 2.29. The van der Waals surface area contributed by atoms with E-state index in [9.17, 15) is 9.18 Å². The molecule has 0 spiro atoms. The predicted molar refractivity (Wildman–Crippen MR) is 99.3 cm³/mol. The van der Waals surface area contributed by atoms with E-state index < -0.39 is 11.9 Å². The van der Waals surface area contributed by atoms with Crippen molar-refractivity contribution < 1.29 is 13.9 Å². The molecule has 1 saturated heterocycles. The minimum Gasteiger partial charge on any atom is -0.444 e. The largest absolute Gasteiger partial charge is 0.444 e. The summed E-state index contributed by atoms with van der Waals surface area (Å²) in [5, 5.41) is 1.21. The van der Waals surface area contributed by atoms with Gasteiger partial charge in [0.15, 0.2) is 5.82 Å². The van der Waals surface area contributed by atoms with E-state index in [1.165, 1.54) is 22.2 Å². The number of benzene rings is 1. The van der Waals surface area contributed by atoms with E-state index in [2.05, 4.69) is 15.4 Å². The molecule has 0 bridgehead atoms. The van der Waals surface area contributed by atoms with Crippen molar-refractivity contribution in [3.63, 3.8) is 0 Å². The van der Waals surface area contributed by atoms with Gasteiger partial charge in [0.05, 0.1) is 12.2 Å². The van der Waals surface area contributed by atoms with Gasteiger partial charge in [-0.25, -0.2) is 25.9 Å². The number of nitrogens with two attached hydrogens (primary N) is 2. The van der Waals surface area contributed by atoms with E-state index in [1.807, 2.05) is 0 Å². The molecule has 2 aromatic rings. The van der Waals surface area contributed by atoms with E-state index in [1.54, 1.807) is 38.2 Å². The third kappa shape index (κ3) is 3.96. The summed E-state index contributed by atoms with van der Waals surface area (Å²) in [7, 11) is 1.57. The molecule has 142 valence electrons. The van der Waals surface area contributed by atoms with Crippen LogP contribution in [0.2, 0.25) is 0 Å². The Morgan fingerprint density at radius 1 is 1.44 bits per heavy atom. The third-order valence-corrected chi connectivity index (χ3v) is 3.97. The molecule has 1 aromatic carbocycles. The van der Waals surface area contributed by atoms with Crippen molar-refractivity contribution in [2.24, 2.45) is 16.7 Å². The second-order valence-corrected chi connectivity index (χ2v) is 6.06. The Hall–Kier alpha value is -3.24. The number of amides is 1. The Bertz CT molecular complexity index is 870. The molecule has 1 atom stereocenters. The van der Waals surface area contributed by atoms with E-state index in [0.717, 1.165) is 0 Å². The van der Waals surface area contributed by atoms with Crippen molar-refractivity contribution in [3.05, 3.63) is 42.3 Å². The molecule has 1 aliphatic heterocycles. The molecule has 10 heteroatoms. The van der Waals surface area contributed by atoms with Crippen molar-refractivity contribution in [1.82, 2.24) is 15.4 Å². The summed E-state index contributed by atoms with van der Waals surface area (Å²) < 4.78 is 19.7. The fourth-order valence-corrected chi connectivity index (χ4v) is 2.65. The van der Waals surface area contributed by atoms with Crippen molar-refractivity contribution in [3.8, 4) is 11.1 Å². The van der Waals surface area contributed by atoms with Crippen molar-refractivity contribution >= 4 is 23.6 Å². The van der Waals surface area contributed by atoms with Crippen LogP contribution in [0, 0.1) is 5.82 Å². The van der Waals surface area contributed by atoms with Gasteiger partial charge in [-0.05, 0) is 37.3 Å². The molecule has 1 aliphatic rings. The highest BCUT2D eigenvalue weighted by molar-refractivity contribution is 5.90. The molecule has 0 saturated carbocycles. The first-order valence-electron chi connectivity index (χ1n) is 8.17. The number of aromatic nitrogens is 1. The Morgan fingerprint density at radius 2 is 2.22 bits per heavy atom. The summed E-state index contributed by atoms with van der Waals surface area (Å²) in [6, 6.07) is 7.87. The maximum absolute atomic E-state index is 14.6. The number of nitrogens with one attached hydrogen (secondary N) is 1. The first-order valence-corrected chi connectivity index (χ1v) is 8.17. The van der Waals surface area contributed by atoms with Crippen LogP contribution in [0.15, 0.2) is 41.5 Å². The van der Waals surface area contributed by atoms with Gasteiger partial charge in [-0.15, -0.1) is 0 Å². The van der Waals surface area contributed by atoms with Gasteiger partial charge < -0.3 is 4.74 Å². The lowest BCUT2D eigenvalue weighted by atomic mass is 10.1. The van der Waals surface area contributed by atoms with Crippen LogP contribution in [0.1, 0.15) is 6.92 Å². The standard InChI is InChI=1S/C17H20FN7O2/c1-10-9-25(17(26)27-10)12-4-5-13(14(18)7-12)11-3-6-15(21-8-11)22-16(23-19)24(2)20/h3-8,10H,9,19-20H2,1-2H3,(H,21,22,23)/t10-/m0/s1. The highest BCUT2D eigenvalue weighted by atomic mass is 19.1. The number of cyclic esters (lactones) is 1. The number of halogens is 1. The van der Waals surface area contributed by atoms with E-state index in [-0.39, 0.29) is 12.1 Å². The zero-order valence-electron chi connectivity index (χ0n) is 14.9. The summed E-state index contributed by atoms with van der Waals surface area (Å²) in [5.41, 5.74) is 3.73. The third-order valence-electron chi connectivity index (χ3n) is 3.97. The van der Waals surface area contributed by atoms with Gasteiger partial charge in [0.25, 0.3) is 0 Å². The molecule has 0 radical (unpaired) electrons. The van der Waals surface area contributed by atoms with Crippen LogP contribution in [-0.4, -0.2) is 41.7 Å². The highest BCUT2D eigenvalue weighted by Crippen LogP contribution is 2.29. The zero-order valence-corrected chi connectivity index (χ0v) is 14.9. The molecule has 0 aliphatic carbocycles. The maximum atomic E-state index is 14.6. The number of hydrazine groups is 2. The van der Waals surface area contributed by atoms with Crippen molar-refractivity contribution in [2.45, 2.75) is 13.0 Å². The van der Waals surface area contributed by atoms with E-state index in [4.69, 9.17) is 16.4 Å². The molecular formula is C17H20FN7O2. The number of hydrogen-bond acceptors (Lipinski definition) is 6. The number of aliphatic imine (C=N–C) groups is 1. The fourth-order valence-electron chi connectivity index (χ4n) is 2.65. The average molecular weight is 373 g/mol. The molecule has 9 nitrogen and oxygen atoms in total. The molecule has 0 unspecified atom stereocenters. The van der Waals surface area contributed by atoms with Crippen molar-refractivity contribution in [2.75, 3.05) is 18.5 Å². The summed E-state index contributed by atoms with van der Waals surface area (Å²) in [4.78, 5) is 21.5. The smallest absolute Gasteiger partial charge is 0.414 e. The van der Waals surface area contributed by atoms with Gasteiger partial charge in [0.1, 0.15) is 11.9 Å². The van der Waals surface area contributed by atoms with E-state index in [0.29, 0.717) is 29.2 Å². The van der Waals surface area contributed by atoms with Crippen LogP contribution in [0.4, 0.5) is 20.7 Å². The van der Waals surface area contributed by atoms with Gasteiger partial charge in [0.2, 0.25) is 5.96 Å². The van der Waals surface area contributed by atoms with Gasteiger partial charge in [-0.1, -0.05) is 0 Å². The fraction of sp³-hybridized carbons (Fsp3) is 0.235. The molecule has 1 aromatic heterocycles. The number of anilines is 1. The number of hydrogen-bond donors (Lipinski definition) is 3. The van der Waals surface area contributed by atoms with Gasteiger partial charge in [0, 0.05) is 24.4 Å². The zero-order chi connectivity index (χ0) is 19.6. The Morgan fingerprint density at radius 3 is 2.74 bits per heavy atom. The lowest BCUT2D eigenvalue weighted by Crippen LogP contribution is -2.46. The summed E-state index contributed by atoms with van der Waals surface area (Å²) >= 11 is 0. The number of guanidine groups is 1. The van der Waals surface area contributed by atoms with Crippen LogP contribution in [0.3, 0.4) is 0 Å². The minimum atomic E-state index is -0.479. The second-order valence-electron chi connectivity index (χ2n) is 6.06. The maximum Gasteiger partial charge on any atom is 0.414 e. The number of rotatable bonds is 3. The molecule has 1 amide bonds. The topological polar surface area (TPSA) is 122 Å². The quantitative estimate of drug-likeness (QED) is 0.322. The Balaban J connectivity index is 1.84. The van der Waals surface area contributed by atoms with Crippen LogP contribution in [-0.2, 0) is 4.74 Å². The SMILES string of the molecule is C[C@H]1CN(c2ccc(-c3ccc(N=C(NN)N(C)N)nc3)c(F)c2)C(=O)O1. The normalized spacial score (nSPS) is 17.1. The summed E-state index contributed by atoms with van der Waals surface area (Å²) in [5.74, 6) is 11.0. The first-order chi connectivity index (χ1) is 12.9. The number of carbonyl (C=O) groups is 1. The minimum absolute atomic E-state index is 0.220. The Kier molecular flexibility index (Phi) is 5.19. The number of nitrogens with zero attached hydrogens (tertiary/aromatic N) is 4. The molecule has 3 rings (SSSR count). The number of pyridine rings is 1. The van der Waals surface area contributed by atoms with Crippen molar-refractivity contribution in [1.29, 1.82) is 0 Å². The predicted octanol–water partition coefficient (Wildman–Crippen LogP) is 1.49.